The van der Waals surface area contributed by atoms with Gasteiger partial charge in [0.05, 0.1) is 11.0 Å². The molecule has 1 aromatic carbocycles. The van der Waals surface area contributed by atoms with E-state index in [4.69, 9.17) is 4.74 Å². The van der Waals surface area contributed by atoms with E-state index in [1.54, 1.807) is 23.2 Å². The van der Waals surface area contributed by atoms with E-state index < -0.39 is 11.0 Å². The minimum Gasteiger partial charge on any atom is -0.445 e. The van der Waals surface area contributed by atoms with E-state index in [1.807, 2.05) is 18.9 Å². The quantitative estimate of drug-likeness (QED) is 0.340. The first-order valence-corrected chi connectivity index (χ1v) is 9.10. The van der Waals surface area contributed by atoms with Crippen molar-refractivity contribution in [2.24, 2.45) is 5.10 Å². The first kappa shape index (κ1) is 20.0. The molecule has 1 amide bonds. The molecule has 1 saturated heterocycles. The third-order valence-electron chi connectivity index (χ3n) is 4.20. The molecular formula is C17H24N4O4S. The highest BCUT2D eigenvalue weighted by Crippen LogP contribution is 2.22. The van der Waals surface area contributed by atoms with Gasteiger partial charge in [0.1, 0.15) is 6.61 Å². The summed E-state index contributed by atoms with van der Waals surface area (Å²) >= 11 is 4.48. The first-order chi connectivity index (χ1) is 12.4. The summed E-state index contributed by atoms with van der Waals surface area (Å²) in [6.45, 7) is 6.20. The fourth-order valence-electron chi connectivity index (χ4n) is 2.69. The maximum Gasteiger partial charge on any atom is 0.410 e. The lowest BCUT2D eigenvalue weighted by Gasteiger charge is -2.22. The number of hydrogen-bond acceptors (Lipinski definition) is 7. The zero-order chi connectivity index (χ0) is 19.1. The molecular weight excluding hydrogens is 356 g/mol. The van der Waals surface area contributed by atoms with Crippen molar-refractivity contribution in [2.45, 2.75) is 38.2 Å². The zero-order valence-electron chi connectivity index (χ0n) is 14.9. The van der Waals surface area contributed by atoms with Crippen LogP contribution in [0, 0.1) is 10.1 Å². The Balaban J connectivity index is 1.94. The molecule has 1 fully saturated rings. The van der Waals surface area contributed by atoms with Gasteiger partial charge in [0, 0.05) is 43.2 Å². The number of carbonyl (C=O) groups excluding carboxylic acids is 1. The average Bonchev–Trinajstić information content (AvgIpc) is 3.01. The van der Waals surface area contributed by atoms with Crippen molar-refractivity contribution in [3.8, 4) is 0 Å². The number of nitro benzene ring substituents is 1. The number of non-ortho nitro benzene ring substituents is 1. The second kappa shape index (κ2) is 9.42. The lowest BCUT2D eigenvalue weighted by Crippen LogP contribution is -2.37. The lowest BCUT2D eigenvalue weighted by atomic mass is 10.2. The van der Waals surface area contributed by atoms with Crippen LogP contribution in [0.15, 0.2) is 29.4 Å². The Labute approximate surface area is 158 Å². The van der Waals surface area contributed by atoms with Gasteiger partial charge in [-0.25, -0.2) is 4.79 Å². The molecule has 0 aliphatic carbocycles. The van der Waals surface area contributed by atoms with Gasteiger partial charge in [-0.2, -0.15) is 17.7 Å². The van der Waals surface area contributed by atoms with Crippen LogP contribution in [-0.2, 0) is 11.3 Å². The zero-order valence-corrected chi connectivity index (χ0v) is 15.8. The SMILES string of the molecule is CCN(CC)N=C[C@@H]1C[C@H](S)CN1C(=O)OCc1ccc([N+](=O)[O-])cc1. The van der Waals surface area contributed by atoms with Crippen molar-refractivity contribution in [2.75, 3.05) is 19.6 Å². The van der Waals surface area contributed by atoms with E-state index in [2.05, 4.69) is 17.7 Å². The molecule has 9 heteroatoms. The van der Waals surface area contributed by atoms with E-state index in [0.29, 0.717) is 12.1 Å². The highest BCUT2D eigenvalue weighted by molar-refractivity contribution is 7.81. The lowest BCUT2D eigenvalue weighted by molar-refractivity contribution is -0.384. The van der Waals surface area contributed by atoms with Crippen molar-refractivity contribution in [3.05, 3.63) is 39.9 Å². The number of hydrazone groups is 1. The Hall–Kier alpha value is -2.29. The summed E-state index contributed by atoms with van der Waals surface area (Å²) in [6.07, 6.45) is 2.06. The molecule has 142 valence electrons. The van der Waals surface area contributed by atoms with Gasteiger partial charge < -0.3 is 4.74 Å². The number of thiol groups is 1. The van der Waals surface area contributed by atoms with E-state index in [9.17, 15) is 14.9 Å². The smallest absolute Gasteiger partial charge is 0.410 e. The largest absolute Gasteiger partial charge is 0.445 e. The molecule has 0 unspecified atom stereocenters. The number of likely N-dealkylation sites (tertiary alicyclic amines) is 1. The van der Waals surface area contributed by atoms with Crippen molar-refractivity contribution >= 4 is 30.6 Å². The van der Waals surface area contributed by atoms with Crippen LogP contribution in [0.4, 0.5) is 10.5 Å². The standard InChI is InChI=1S/C17H24N4O4S/c1-3-19(4-2)18-10-15-9-16(26)11-20(15)17(22)25-12-13-5-7-14(8-6-13)21(23)24/h5-8,10,15-16,26H,3-4,9,11-12H2,1-2H3/t15-,16-/m0/s1. The number of rotatable bonds is 7. The van der Waals surface area contributed by atoms with Crippen LogP contribution in [-0.4, -0.2) is 58.1 Å². The van der Waals surface area contributed by atoms with Crippen molar-refractivity contribution in [3.63, 3.8) is 0 Å². The molecule has 1 aliphatic rings. The predicted molar refractivity (Wildman–Crippen MR) is 103 cm³/mol. The van der Waals surface area contributed by atoms with Crippen LogP contribution in [0.2, 0.25) is 0 Å². The third-order valence-corrected chi connectivity index (χ3v) is 4.57. The highest BCUT2D eigenvalue weighted by atomic mass is 32.1. The monoisotopic (exact) mass is 380 g/mol. The molecule has 8 nitrogen and oxygen atoms in total. The number of carbonyl (C=O) groups is 1. The highest BCUT2D eigenvalue weighted by Gasteiger charge is 2.33. The minimum atomic E-state index is -0.466. The summed E-state index contributed by atoms with van der Waals surface area (Å²) in [6, 6.07) is 5.79. The molecule has 0 aromatic heterocycles. The second-order valence-electron chi connectivity index (χ2n) is 5.99. The number of ether oxygens (including phenoxy) is 1. The fraction of sp³-hybridized carbons (Fsp3) is 0.529. The first-order valence-electron chi connectivity index (χ1n) is 8.58. The summed E-state index contributed by atoms with van der Waals surface area (Å²) in [4.78, 5) is 24.2. The second-order valence-corrected chi connectivity index (χ2v) is 6.72. The van der Waals surface area contributed by atoms with Crippen LogP contribution in [0.3, 0.4) is 0 Å². The van der Waals surface area contributed by atoms with E-state index in [-0.39, 0.29) is 23.6 Å². The average molecular weight is 380 g/mol. The number of nitrogens with zero attached hydrogens (tertiary/aromatic N) is 4. The number of amides is 1. The molecule has 0 bridgehead atoms. The molecule has 26 heavy (non-hydrogen) atoms. The van der Waals surface area contributed by atoms with Gasteiger partial charge in [-0.05, 0) is 38.0 Å². The van der Waals surface area contributed by atoms with Gasteiger partial charge in [-0.1, -0.05) is 0 Å². The number of benzene rings is 1. The molecule has 1 heterocycles. The molecule has 2 rings (SSSR count). The van der Waals surface area contributed by atoms with E-state index in [1.165, 1.54) is 12.1 Å². The number of hydrogen-bond donors (Lipinski definition) is 1. The Morgan fingerprint density at radius 2 is 2.08 bits per heavy atom. The van der Waals surface area contributed by atoms with Crippen molar-refractivity contribution in [1.82, 2.24) is 9.91 Å². The van der Waals surface area contributed by atoms with Crippen LogP contribution in [0.25, 0.3) is 0 Å². The summed E-state index contributed by atoms with van der Waals surface area (Å²) < 4.78 is 5.36. The topological polar surface area (TPSA) is 88.3 Å². The molecule has 0 spiro atoms. The van der Waals surface area contributed by atoms with E-state index in [0.717, 1.165) is 19.5 Å². The van der Waals surface area contributed by atoms with Crippen LogP contribution < -0.4 is 0 Å². The molecule has 0 radical (unpaired) electrons. The van der Waals surface area contributed by atoms with Gasteiger partial charge in [0.25, 0.3) is 5.69 Å². The summed E-state index contributed by atoms with van der Waals surface area (Å²) in [5.41, 5.74) is 0.698. The summed E-state index contributed by atoms with van der Waals surface area (Å²) in [5.74, 6) is 0. The summed E-state index contributed by atoms with van der Waals surface area (Å²) in [5, 5.41) is 17.1. The predicted octanol–water partition coefficient (Wildman–Crippen LogP) is 2.93. The maximum atomic E-state index is 12.4. The minimum absolute atomic E-state index is 0.00483. The van der Waals surface area contributed by atoms with Gasteiger partial charge in [-0.3, -0.25) is 20.0 Å². The Bertz CT molecular complexity index is 649. The molecule has 2 atom stereocenters. The van der Waals surface area contributed by atoms with Gasteiger partial charge in [0.15, 0.2) is 0 Å². The Morgan fingerprint density at radius 1 is 1.42 bits per heavy atom. The van der Waals surface area contributed by atoms with E-state index >= 15 is 0 Å². The van der Waals surface area contributed by atoms with Gasteiger partial charge >= 0.3 is 6.09 Å². The van der Waals surface area contributed by atoms with Gasteiger partial charge in [-0.15, -0.1) is 0 Å². The Morgan fingerprint density at radius 3 is 2.65 bits per heavy atom. The summed E-state index contributed by atoms with van der Waals surface area (Å²) in [7, 11) is 0. The van der Waals surface area contributed by atoms with Crippen molar-refractivity contribution in [1.29, 1.82) is 0 Å². The van der Waals surface area contributed by atoms with Crippen molar-refractivity contribution < 1.29 is 14.5 Å². The number of nitro groups is 1. The van der Waals surface area contributed by atoms with Gasteiger partial charge in [0.2, 0.25) is 0 Å². The third kappa shape index (κ3) is 5.35. The fourth-order valence-corrected chi connectivity index (χ4v) is 3.09. The molecule has 1 aliphatic heterocycles. The van der Waals surface area contributed by atoms with Crippen LogP contribution in [0.5, 0.6) is 0 Å². The molecule has 1 aromatic rings. The molecule has 0 saturated carbocycles. The maximum absolute atomic E-state index is 12.4. The Kier molecular flexibility index (Phi) is 7.26. The van der Waals surface area contributed by atoms with Crippen LogP contribution in [0.1, 0.15) is 25.8 Å². The molecule has 0 N–H and O–H groups in total. The normalized spacial score (nSPS) is 19.7. The van der Waals surface area contributed by atoms with Crippen LogP contribution >= 0.6 is 12.6 Å².